The monoisotopic (exact) mass is 604 g/mol. The highest BCUT2D eigenvalue weighted by atomic mass is 28.4. The van der Waals surface area contributed by atoms with Gasteiger partial charge in [-0.1, -0.05) is 118 Å². The highest BCUT2D eigenvalue weighted by Crippen LogP contribution is 2.41. The first-order chi connectivity index (χ1) is 20.6. The molecule has 0 heterocycles. The first-order valence-electron chi connectivity index (χ1n) is 15.2. The van der Waals surface area contributed by atoms with Gasteiger partial charge in [0.2, 0.25) is 0 Å². The highest BCUT2D eigenvalue weighted by molar-refractivity contribution is 6.74. The molecule has 1 aliphatic rings. The number of benzene rings is 3. The summed E-state index contributed by atoms with van der Waals surface area (Å²) in [5.74, 6) is 0. The van der Waals surface area contributed by atoms with Gasteiger partial charge in [-0.15, -0.1) is 6.58 Å². The fraction of sp³-hybridized carbons (Fsp3) is 0.444. The molecule has 4 rings (SSSR count). The molecule has 0 aliphatic heterocycles. The lowest BCUT2D eigenvalue weighted by molar-refractivity contribution is -0.267. The van der Waals surface area contributed by atoms with E-state index < -0.39 is 44.9 Å². The Morgan fingerprint density at radius 2 is 1.00 bits per heavy atom. The molecule has 1 N–H and O–H groups in total. The third kappa shape index (κ3) is 8.96. The second-order valence-electron chi connectivity index (χ2n) is 12.7. The fourth-order valence-corrected chi connectivity index (χ4v) is 6.34. The van der Waals surface area contributed by atoms with E-state index in [2.05, 4.69) is 40.4 Å². The van der Waals surface area contributed by atoms with E-state index in [1.807, 2.05) is 91.0 Å². The fourth-order valence-electron chi connectivity index (χ4n) is 5.03. The van der Waals surface area contributed by atoms with Gasteiger partial charge in [0.1, 0.15) is 36.6 Å². The van der Waals surface area contributed by atoms with E-state index in [0.717, 1.165) is 16.7 Å². The maximum Gasteiger partial charge on any atom is 0.192 e. The van der Waals surface area contributed by atoms with Crippen molar-refractivity contribution in [1.29, 1.82) is 0 Å². The smallest absolute Gasteiger partial charge is 0.192 e. The van der Waals surface area contributed by atoms with E-state index >= 15 is 0 Å². The lowest BCUT2D eigenvalue weighted by atomic mass is 9.84. The number of ether oxygens (including phenoxy) is 4. The van der Waals surface area contributed by atoms with E-state index in [9.17, 15) is 5.11 Å². The van der Waals surface area contributed by atoms with E-state index in [0.29, 0.717) is 19.8 Å². The number of rotatable bonds is 14. The third-order valence-electron chi connectivity index (χ3n) is 8.47. The van der Waals surface area contributed by atoms with Crippen molar-refractivity contribution >= 4 is 8.32 Å². The molecular weight excluding hydrogens is 556 g/mol. The van der Waals surface area contributed by atoms with Crippen molar-refractivity contribution in [2.75, 3.05) is 6.61 Å². The summed E-state index contributed by atoms with van der Waals surface area (Å²) in [5, 5.41) is 12.0. The summed E-state index contributed by atoms with van der Waals surface area (Å²) in [4.78, 5) is 0. The topological polar surface area (TPSA) is 66.4 Å². The molecule has 43 heavy (non-hydrogen) atoms. The van der Waals surface area contributed by atoms with Gasteiger partial charge in [-0.2, -0.15) is 0 Å². The Kier molecular flexibility index (Phi) is 11.9. The molecule has 3 aromatic carbocycles. The molecule has 0 bridgehead atoms. The molecule has 0 aromatic heterocycles. The normalized spacial score (nSPS) is 24.5. The van der Waals surface area contributed by atoms with E-state index in [1.165, 1.54) is 0 Å². The lowest BCUT2D eigenvalue weighted by Crippen LogP contribution is -2.68. The summed E-state index contributed by atoms with van der Waals surface area (Å²) < 4.78 is 33.3. The number of hydrogen-bond acceptors (Lipinski definition) is 6. The Bertz CT molecular complexity index is 1230. The molecule has 1 fully saturated rings. The molecule has 0 radical (unpaired) electrons. The average Bonchev–Trinajstić information content (AvgIpc) is 3.00. The number of aliphatic hydroxyl groups excluding tert-OH is 1. The summed E-state index contributed by atoms with van der Waals surface area (Å²) in [6.07, 6.45) is -2.60. The van der Waals surface area contributed by atoms with Crippen LogP contribution in [0.1, 0.15) is 37.5 Å². The van der Waals surface area contributed by atoms with Gasteiger partial charge in [0.15, 0.2) is 8.32 Å². The Morgan fingerprint density at radius 1 is 0.628 bits per heavy atom. The van der Waals surface area contributed by atoms with Crippen molar-refractivity contribution in [2.45, 2.75) is 95.3 Å². The van der Waals surface area contributed by atoms with Crippen molar-refractivity contribution in [3.8, 4) is 0 Å². The predicted octanol–water partition coefficient (Wildman–Crippen LogP) is 7.08. The van der Waals surface area contributed by atoms with E-state index in [-0.39, 0.29) is 11.6 Å². The Balaban J connectivity index is 1.73. The van der Waals surface area contributed by atoms with Gasteiger partial charge >= 0.3 is 0 Å². The molecule has 232 valence electrons. The van der Waals surface area contributed by atoms with Crippen LogP contribution in [-0.2, 0) is 43.2 Å². The zero-order chi connectivity index (χ0) is 30.9. The van der Waals surface area contributed by atoms with Gasteiger partial charge in [0.25, 0.3) is 0 Å². The average molecular weight is 605 g/mol. The summed E-state index contributed by atoms with van der Waals surface area (Å²) in [6, 6.07) is 30.0. The summed E-state index contributed by atoms with van der Waals surface area (Å²) in [5.41, 5.74) is 3.05. The Morgan fingerprint density at radius 3 is 1.40 bits per heavy atom. The molecule has 1 saturated carbocycles. The van der Waals surface area contributed by atoms with Crippen LogP contribution in [0.15, 0.2) is 104 Å². The maximum absolute atomic E-state index is 12.1. The first kappa shape index (κ1) is 33.3. The molecule has 7 heteroatoms. The maximum atomic E-state index is 12.1. The number of hydrogen-bond donors (Lipinski definition) is 1. The summed E-state index contributed by atoms with van der Waals surface area (Å²) in [7, 11) is -2.36. The van der Waals surface area contributed by atoms with Crippen LogP contribution in [0.2, 0.25) is 18.1 Å². The predicted molar refractivity (Wildman–Crippen MR) is 173 cm³/mol. The van der Waals surface area contributed by atoms with Crippen molar-refractivity contribution in [3.63, 3.8) is 0 Å². The number of aliphatic hydroxyl groups is 1. The molecule has 0 spiro atoms. The molecule has 6 nitrogen and oxygen atoms in total. The van der Waals surface area contributed by atoms with Crippen molar-refractivity contribution in [1.82, 2.24) is 0 Å². The van der Waals surface area contributed by atoms with Crippen molar-refractivity contribution in [2.24, 2.45) is 0 Å². The zero-order valence-corrected chi connectivity index (χ0v) is 27.2. The Labute approximate surface area is 258 Å². The first-order valence-corrected chi connectivity index (χ1v) is 18.1. The minimum absolute atomic E-state index is 0.0862. The van der Waals surface area contributed by atoms with Gasteiger partial charge in [-0.25, -0.2) is 0 Å². The van der Waals surface area contributed by atoms with E-state index in [4.69, 9.17) is 23.4 Å². The molecule has 6 atom stereocenters. The minimum Gasteiger partial charge on any atom is -0.408 e. The minimum atomic E-state index is -2.36. The van der Waals surface area contributed by atoms with Gasteiger partial charge in [0, 0.05) is 0 Å². The molecule has 3 aromatic rings. The molecule has 0 amide bonds. The van der Waals surface area contributed by atoms with Crippen molar-refractivity contribution in [3.05, 3.63) is 120 Å². The summed E-state index contributed by atoms with van der Waals surface area (Å²) >= 11 is 0. The van der Waals surface area contributed by atoms with Crippen LogP contribution in [0.25, 0.3) is 0 Å². The van der Waals surface area contributed by atoms with Crippen LogP contribution in [0.4, 0.5) is 0 Å². The van der Waals surface area contributed by atoms with Gasteiger partial charge in [-0.3, -0.25) is 0 Å². The molecule has 1 aliphatic carbocycles. The molecule has 0 unspecified atom stereocenters. The van der Waals surface area contributed by atoms with Gasteiger partial charge < -0.3 is 28.5 Å². The van der Waals surface area contributed by atoms with Crippen LogP contribution in [0, 0.1) is 0 Å². The van der Waals surface area contributed by atoms with Crippen molar-refractivity contribution < 1.29 is 28.5 Å². The quantitative estimate of drug-likeness (QED) is 0.157. The van der Waals surface area contributed by atoms with Crippen LogP contribution < -0.4 is 0 Å². The van der Waals surface area contributed by atoms with Gasteiger partial charge in [0.05, 0.1) is 26.4 Å². The molecule has 0 saturated heterocycles. The van der Waals surface area contributed by atoms with Crippen LogP contribution >= 0.6 is 0 Å². The SMILES string of the molecule is C=CCO[C@H]1[C@H](OCc2ccccc2)[C@H](OCc2ccccc2)[C@H](OCc2ccccc2)[C@H](O)[C@@H]1O[Si](C)(C)C(C)(C)C. The summed E-state index contributed by atoms with van der Waals surface area (Å²) in [6.45, 7) is 16.1. The standard InChI is InChI=1S/C36H48O6Si/c1-7-23-38-34-32(42-43(5,6)36(2,3)4)30(37)31(39-24-27-17-11-8-12-18-27)33(40-25-28-19-13-9-14-20-28)35(34)41-26-29-21-15-10-16-22-29/h7-22,30-35,37H,1,23-26H2,2-6H3/t30-,31+,32-,33+,34+,35+/m0/s1. The Hall–Kier alpha value is -2.62. The van der Waals surface area contributed by atoms with Gasteiger partial charge in [-0.05, 0) is 34.8 Å². The second kappa shape index (κ2) is 15.4. The van der Waals surface area contributed by atoms with Crippen LogP contribution in [0.5, 0.6) is 0 Å². The second-order valence-corrected chi connectivity index (χ2v) is 17.5. The third-order valence-corrected chi connectivity index (χ3v) is 12.9. The van der Waals surface area contributed by atoms with E-state index in [1.54, 1.807) is 6.08 Å². The van der Waals surface area contributed by atoms with Crippen LogP contribution in [0.3, 0.4) is 0 Å². The highest BCUT2D eigenvalue weighted by Gasteiger charge is 2.56. The van der Waals surface area contributed by atoms with Crippen LogP contribution in [-0.4, -0.2) is 56.7 Å². The zero-order valence-electron chi connectivity index (χ0n) is 26.2. The lowest BCUT2D eigenvalue weighted by Gasteiger charge is -2.51. The largest absolute Gasteiger partial charge is 0.408 e. The molecular formula is C36H48O6Si.